The van der Waals surface area contributed by atoms with Crippen LogP contribution in [0.3, 0.4) is 0 Å². The van der Waals surface area contributed by atoms with Gasteiger partial charge in [-0.25, -0.2) is 8.78 Å². The molecule has 6 heteroatoms. The average Bonchev–Trinajstić information content (AvgIpc) is 3.29. The number of carbonyl (C=O) groups excluding carboxylic acids is 1. The Morgan fingerprint density at radius 1 is 0.974 bits per heavy atom. The molecule has 1 aliphatic rings. The molecule has 206 valence electrons. The standard InChI is InChI=1S/C33H36F2O4/c1-6-22(18-31(36)38-5)23-9-7-10-25(17-23)39-20-21-15-26(28-11-8-14-33(28,2)3)32(30(35)16-21)27-19-24(37-4)12-13-29(27)34/h7,9-13,15-17,19,22H,6,8,14,18,20H2,1-5H3. The Bertz CT molecular complexity index is 1380. The predicted molar refractivity (Wildman–Crippen MR) is 150 cm³/mol. The number of hydrogen-bond acceptors (Lipinski definition) is 4. The van der Waals surface area contributed by atoms with Gasteiger partial charge >= 0.3 is 5.97 Å². The molecule has 4 rings (SSSR count). The summed E-state index contributed by atoms with van der Waals surface area (Å²) in [6.45, 7) is 6.41. The van der Waals surface area contributed by atoms with Gasteiger partial charge in [-0.15, -0.1) is 0 Å². The van der Waals surface area contributed by atoms with Crippen LogP contribution in [-0.2, 0) is 16.1 Å². The van der Waals surface area contributed by atoms with E-state index >= 15 is 8.78 Å². The van der Waals surface area contributed by atoms with Crippen LogP contribution >= 0.6 is 0 Å². The van der Waals surface area contributed by atoms with Crippen molar-refractivity contribution < 1.29 is 27.8 Å². The van der Waals surface area contributed by atoms with E-state index in [1.165, 1.54) is 32.4 Å². The molecule has 3 aromatic rings. The van der Waals surface area contributed by atoms with Crippen LogP contribution in [0.5, 0.6) is 11.5 Å². The second kappa shape index (κ2) is 12.0. The van der Waals surface area contributed by atoms with Crippen molar-refractivity contribution in [1.29, 1.82) is 0 Å². The van der Waals surface area contributed by atoms with Gasteiger partial charge in [-0.05, 0) is 95.3 Å². The molecule has 0 radical (unpaired) electrons. The SMILES string of the molecule is CCC(CC(=O)OC)c1cccc(OCc2cc(F)c(-c3cc(OC)ccc3F)c(C3=CCCC3(C)C)c2)c1. The molecule has 0 spiro atoms. The molecule has 0 aromatic heterocycles. The highest BCUT2D eigenvalue weighted by molar-refractivity contribution is 5.85. The van der Waals surface area contributed by atoms with E-state index in [0.29, 0.717) is 22.6 Å². The zero-order valence-corrected chi connectivity index (χ0v) is 23.3. The van der Waals surface area contributed by atoms with Gasteiger partial charge in [-0.1, -0.05) is 39.0 Å². The number of methoxy groups -OCH3 is 2. The van der Waals surface area contributed by atoms with E-state index in [1.54, 1.807) is 6.07 Å². The summed E-state index contributed by atoms with van der Waals surface area (Å²) in [7, 11) is 2.89. The van der Waals surface area contributed by atoms with Gasteiger partial charge in [0.05, 0.1) is 20.6 Å². The van der Waals surface area contributed by atoms with Crippen LogP contribution in [0.2, 0.25) is 0 Å². The minimum atomic E-state index is -0.514. The molecule has 0 saturated carbocycles. The molecule has 0 amide bonds. The van der Waals surface area contributed by atoms with E-state index in [2.05, 4.69) is 19.9 Å². The molecule has 0 aliphatic heterocycles. The molecular weight excluding hydrogens is 498 g/mol. The molecule has 4 nitrogen and oxygen atoms in total. The number of halogens is 2. The van der Waals surface area contributed by atoms with Crippen molar-refractivity contribution >= 4 is 11.5 Å². The molecule has 0 bridgehead atoms. The van der Waals surface area contributed by atoms with Gasteiger partial charge in [0.2, 0.25) is 0 Å². The molecule has 1 unspecified atom stereocenters. The quantitative estimate of drug-likeness (QED) is 0.245. The Kier molecular flexibility index (Phi) is 8.73. The van der Waals surface area contributed by atoms with Crippen LogP contribution in [0.1, 0.15) is 69.1 Å². The van der Waals surface area contributed by atoms with E-state index in [1.807, 2.05) is 37.3 Å². The molecule has 0 N–H and O–H groups in total. The summed E-state index contributed by atoms with van der Waals surface area (Å²) in [5.41, 5.74) is 3.50. The maximum Gasteiger partial charge on any atom is 0.306 e. The Balaban J connectivity index is 1.69. The highest BCUT2D eigenvalue weighted by atomic mass is 19.1. The van der Waals surface area contributed by atoms with E-state index in [9.17, 15) is 4.79 Å². The number of esters is 1. The van der Waals surface area contributed by atoms with Gasteiger partial charge in [0.15, 0.2) is 0 Å². The lowest BCUT2D eigenvalue weighted by molar-refractivity contribution is -0.141. The number of hydrogen-bond donors (Lipinski definition) is 0. The summed E-state index contributed by atoms with van der Waals surface area (Å²) < 4.78 is 47.2. The molecule has 0 heterocycles. The minimum absolute atomic E-state index is 0.0126. The van der Waals surface area contributed by atoms with Gasteiger partial charge in [-0.2, -0.15) is 0 Å². The third-order valence-corrected chi connectivity index (χ3v) is 7.60. The molecule has 1 aliphatic carbocycles. The summed E-state index contributed by atoms with van der Waals surface area (Å²) in [4.78, 5) is 11.8. The van der Waals surface area contributed by atoms with E-state index < -0.39 is 11.6 Å². The molecular formula is C33H36F2O4. The van der Waals surface area contributed by atoms with Gasteiger partial charge in [0.25, 0.3) is 0 Å². The first kappa shape index (κ1) is 28.3. The maximum absolute atomic E-state index is 15.9. The Labute approximate surface area is 229 Å². The molecule has 0 saturated heterocycles. The first-order valence-electron chi connectivity index (χ1n) is 13.3. The second-order valence-corrected chi connectivity index (χ2v) is 10.6. The first-order valence-corrected chi connectivity index (χ1v) is 13.3. The van der Waals surface area contributed by atoms with Crippen molar-refractivity contribution in [2.75, 3.05) is 14.2 Å². The van der Waals surface area contributed by atoms with Gasteiger partial charge in [-0.3, -0.25) is 4.79 Å². The summed E-state index contributed by atoms with van der Waals surface area (Å²) >= 11 is 0. The first-order chi connectivity index (χ1) is 18.7. The lowest BCUT2D eigenvalue weighted by atomic mass is 9.79. The largest absolute Gasteiger partial charge is 0.497 e. The Hall–Kier alpha value is -3.67. The van der Waals surface area contributed by atoms with Crippen LogP contribution in [0.25, 0.3) is 16.7 Å². The highest BCUT2D eigenvalue weighted by Crippen LogP contribution is 2.48. The summed E-state index contributed by atoms with van der Waals surface area (Å²) in [5.74, 6) is -0.181. The minimum Gasteiger partial charge on any atom is -0.497 e. The third-order valence-electron chi connectivity index (χ3n) is 7.60. The fourth-order valence-electron chi connectivity index (χ4n) is 5.33. The van der Waals surface area contributed by atoms with Crippen LogP contribution in [0.4, 0.5) is 8.78 Å². The van der Waals surface area contributed by atoms with E-state index in [0.717, 1.165) is 30.4 Å². The second-order valence-electron chi connectivity index (χ2n) is 10.6. The highest BCUT2D eigenvalue weighted by Gasteiger charge is 2.32. The van der Waals surface area contributed by atoms with Crippen molar-refractivity contribution in [3.05, 3.63) is 89.0 Å². The summed E-state index contributed by atoms with van der Waals surface area (Å²) in [6.07, 6.45) is 5.00. The normalized spacial score (nSPS) is 15.0. The molecule has 0 fully saturated rings. The fraction of sp³-hybridized carbons (Fsp3) is 0.364. The zero-order chi connectivity index (χ0) is 28.2. The molecule has 1 atom stereocenters. The van der Waals surface area contributed by atoms with Gasteiger partial charge in [0.1, 0.15) is 29.7 Å². The number of rotatable bonds is 10. The lowest BCUT2D eigenvalue weighted by Crippen LogP contribution is -2.11. The lowest BCUT2D eigenvalue weighted by Gasteiger charge is -2.26. The van der Waals surface area contributed by atoms with Gasteiger partial charge in [0, 0.05) is 11.1 Å². The Morgan fingerprint density at radius 2 is 1.77 bits per heavy atom. The maximum atomic E-state index is 15.9. The zero-order valence-electron chi connectivity index (χ0n) is 23.3. The molecule has 3 aromatic carbocycles. The number of allylic oxidation sites excluding steroid dienone is 2. The third kappa shape index (κ3) is 6.32. The van der Waals surface area contributed by atoms with Crippen molar-refractivity contribution in [1.82, 2.24) is 0 Å². The van der Waals surface area contributed by atoms with Crippen molar-refractivity contribution in [3.8, 4) is 22.6 Å². The van der Waals surface area contributed by atoms with Crippen LogP contribution in [0.15, 0.2) is 60.7 Å². The topological polar surface area (TPSA) is 44.8 Å². The van der Waals surface area contributed by atoms with Crippen LogP contribution in [-0.4, -0.2) is 20.2 Å². The monoisotopic (exact) mass is 534 g/mol. The van der Waals surface area contributed by atoms with E-state index in [-0.39, 0.29) is 41.5 Å². The number of ether oxygens (including phenoxy) is 3. The van der Waals surface area contributed by atoms with Crippen molar-refractivity contribution in [2.24, 2.45) is 5.41 Å². The van der Waals surface area contributed by atoms with Crippen molar-refractivity contribution in [3.63, 3.8) is 0 Å². The summed E-state index contributed by atoms with van der Waals surface area (Å²) in [5, 5.41) is 0. The van der Waals surface area contributed by atoms with Crippen molar-refractivity contribution in [2.45, 2.75) is 59.0 Å². The van der Waals surface area contributed by atoms with E-state index in [4.69, 9.17) is 14.2 Å². The Morgan fingerprint density at radius 3 is 2.44 bits per heavy atom. The fourth-order valence-corrected chi connectivity index (χ4v) is 5.33. The predicted octanol–water partition coefficient (Wildman–Crippen LogP) is 8.48. The van der Waals surface area contributed by atoms with Gasteiger partial charge < -0.3 is 14.2 Å². The average molecular weight is 535 g/mol. The number of carbonyl (C=O) groups is 1. The summed E-state index contributed by atoms with van der Waals surface area (Å²) in [6, 6.07) is 15.3. The van der Waals surface area contributed by atoms with Crippen LogP contribution in [0, 0.1) is 17.0 Å². The smallest absolute Gasteiger partial charge is 0.306 e. The molecule has 39 heavy (non-hydrogen) atoms. The van der Waals surface area contributed by atoms with Crippen LogP contribution < -0.4 is 9.47 Å². The number of benzene rings is 3.